The molecule has 0 radical (unpaired) electrons. The van der Waals surface area contributed by atoms with Gasteiger partial charge < -0.3 is 4.90 Å². The van der Waals surface area contributed by atoms with E-state index in [4.69, 9.17) is 0 Å². The molecule has 3 aromatic heterocycles. The first-order valence-electron chi connectivity index (χ1n) is 11.6. The number of carbonyl (C=O) groups excluding carboxylic acids is 1. The van der Waals surface area contributed by atoms with Gasteiger partial charge in [-0.1, -0.05) is 30.3 Å². The minimum Gasteiger partial charge on any atom is -0.331 e. The van der Waals surface area contributed by atoms with Gasteiger partial charge in [-0.3, -0.25) is 9.78 Å². The summed E-state index contributed by atoms with van der Waals surface area (Å²) >= 11 is 0. The third-order valence-corrected chi connectivity index (χ3v) is 7.15. The number of benzene rings is 1. The van der Waals surface area contributed by atoms with Crippen LogP contribution < -0.4 is 0 Å². The van der Waals surface area contributed by atoms with Gasteiger partial charge in [-0.15, -0.1) is 0 Å². The van der Waals surface area contributed by atoms with E-state index in [0.717, 1.165) is 43.4 Å². The van der Waals surface area contributed by atoms with Crippen LogP contribution in [0.15, 0.2) is 73.6 Å². The van der Waals surface area contributed by atoms with Crippen LogP contribution in [0.5, 0.6) is 0 Å². The monoisotopic (exact) mass is 435 g/mol. The smallest absolute Gasteiger partial charge is 0.272 e. The Morgan fingerprint density at radius 3 is 2.48 bits per heavy atom. The normalized spacial score (nSPS) is 21.9. The highest BCUT2D eigenvalue weighted by Crippen LogP contribution is 2.41. The van der Waals surface area contributed by atoms with E-state index in [9.17, 15) is 4.79 Å². The lowest BCUT2D eigenvalue weighted by molar-refractivity contribution is 0.0519. The maximum Gasteiger partial charge on any atom is 0.272 e. The molecule has 6 rings (SSSR count). The molecule has 6 nitrogen and oxygen atoms in total. The zero-order chi connectivity index (χ0) is 22.2. The largest absolute Gasteiger partial charge is 0.331 e. The van der Waals surface area contributed by atoms with Gasteiger partial charge in [0.15, 0.2) is 0 Å². The number of nitrogens with zero attached hydrogens (tertiary/aromatic N) is 5. The van der Waals surface area contributed by atoms with Gasteiger partial charge in [0, 0.05) is 47.8 Å². The van der Waals surface area contributed by atoms with Gasteiger partial charge >= 0.3 is 0 Å². The van der Waals surface area contributed by atoms with Crippen LogP contribution in [0.3, 0.4) is 0 Å². The third-order valence-electron chi connectivity index (χ3n) is 7.15. The first kappa shape index (κ1) is 20.0. The van der Waals surface area contributed by atoms with Crippen LogP contribution >= 0.6 is 0 Å². The Morgan fingerprint density at radius 2 is 1.67 bits per heavy atom. The van der Waals surface area contributed by atoms with Crippen LogP contribution in [0.4, 0.5) is 0 Å². The van der Waals surface area contributed by atoms with Crippen LogP contribution in [0.1, 0.15) is 41.7 Å². The molecule has 2 bridgehead atoms. The highest BCUT2D eigenvalue weighted by molar-refractivity contribution is 5.93. The van der Waals surface area contributed by atoms with Crippen LogP contribution in [0, 0.1) is 5.92 Å². The third kappa shape index (κ3) is 3.75. The summed E-state index contributed by atoms with van der Waals surface area (Å²) in [4.78, 5) is 32.9. The molecule has 4 aromatic rings. The molecule has 33 heavy (non-hydrogen) atoms. The number of pyridine rings is 2. The predicted molar refractivity (Wildman–Crippen MR) is 126 cm³/mol. The molecule has 0 aliphatic carbocycles. The topological polar surface area (TPSA) is 71.9 Å². The molecule has 2 aliphatic heterocycles. The summed E-state index contributed by atoms with van der Waals surface area (Å²) in [6.45, 7) is 0. The van der Waals surface area contributed by atoms with Crippen molar-refractivity contribution >= 4 is 16.7 Å². The van der Waals surface area contributed by atoms with Gasteiger partial charge in [-0.05, 0) is 61.1 Å². The summed E-state index contributed by atoms with van der Waals surface area (Å²) in [5, 5.41) is 2.49. The van der Waals surface area contributed by atoms with Crippen molar-refractivity contribution in [2.24, 2.45) is 5.92 Å². The molecule has 2 aliphatic rings. The van der Waals surface area contributed by atoms with Gasteiger partial charge in [0.2, 0.25) is 0 Å². The molecular formula is C27H25N5O. The molecule has 2 atom stereocenters. The fourth-order valence-electron chi connectivity index (χ4n) is 5.72. The maximum absolute atomic E-state index is 13.5. The Bertz CT molecular complexity index is 1290. The Balaban J connectivity index is 1.21. The molecule has 0 spiro atoms. The van der Waals surface area contributed by atoms with Crippen LogP contribution in [0.2, 0.25) is 0 Å². The van der Waals surface area contributed by atoms with Crippen molar-refractivity contribution in [2.45, 2.75) is 44.2 Å². The number of hydrogen-bond acceptors (Lipinski definition) is 5. The minimum atomic E-state index is 0.0477. The molecule has 164 valence electrons. The van der Waals surface area contributed by atoms with E-state index in [0.29, 0.717) is 11.6 Å². The van der Waals surface area contributed by atoms with Gasteiger partial charge in [-0.25, -0.2) is 15.0 Å². The van der Waals surface area contributed by atoms with E-state index in [1.807, 2.05) is 30.6 Å². The van der Waals surface area contributed by atoms with E-state index in [1.165, 1.54) is 22.7 Å². The SMILES string of the molecule is O=C(c1cccc(-c2cncnc2)n1)N1C2CCC1CC(Cc1cncc3ccccc13)C2. The highest BCUT2D eigenvalue weighted by atomic mass is 16.2. The molecular weight excluding hydrogens is 410 g/mol. The summed E-state index contributed by atoms with van der Waals surface area (Å²) < 4.78 is 0. The van der Waals surface area contributed by atoms with Gasteiger partial charge in [0.25, 0.3) is 5.91 Å². The molecule has 2 fully saturated rings. The number of aromatic nitrogens is 4. The standard InChI is InChI=1S/C27H25N5O/c33-27(26-7-3-6-25(31-26)21-15-29-17-30-16-21)32-22-8-9-23(32)12-18(11-22)10-20-14-28-13-19-4-1-2-5-24(19)20/h1-7,13-18,22-23H,8-12H2. The van der Waals surface area contributed by atoms with Crippen LogP contribution in [-0.4, -0.2) is 42.8 Å². The Morgan fingerprint density at radius 1 is 0.879 bits per heavy atom. The van der Waals surface area contributed by atoms with Crippen LogP contribution in [-0.2, 0) is 6.42 Å². The summed E-state index contributed by atoms with van der Waals surface area (Å²) in [5.41, 5.74) is 3.37. The number of rotatable bonds is 4. The summed E-state index contributed by atoms with van der Waals surface area (Å²) in [5.74, 6) is 0.617. The average Bonchev–Trinajstić information content (AvgIpc) is 3.14. The molecule has 1 amide bonds. The fourth-order valence-corrected chi connectivity index (χ4v) is 5.72. The van der Waals surface area contributed by atoms with Crippen molar-refractivity contribution < 1.29 is 4.79 Å². The lowest BCUT2D eigenvalue weighted by Crippen LogP contribution is -2.47. The molecule has 1 aromatic carbocycles. The zero-order valence-electron chi connectivity index (χ0n) is 18.3. The molecule has 2 saturated heterocycles. The van der Waals surface area contributed by atoms with Crippen molar-refractivity contribution in [1.29, 1.82) is 0 Å². The molecule has 6 heteroatoms. The second-order valence-electron chi connectivity index (χ2n) is 9.19. The zero-order valence-corrected chi connectivity index (χ0v) is 18.3. The van der Waals surface area contributed by atoms with Crippen molar-refractivity contribution in [3.05, 3.63) is 84.8 Å². The molecule has 0 saturated carbocycles. The highest BCUT2D eigenvalue weighted by Gasteiger charge is 2.43. The lowest BCUT2D eigenvalue weighted by Gasteiger charge is -2.39. The Labute approximate surface area is 192 Å². The Kier molecular flexibility index (Phi) is 5.06. The summed E-state index contributed by atoms with van der Waals surface area (Å²) in [6.07, 6.45) is 14.1. The average molecular weight is 436 g/mol. The Hall–Kier alpha value is -3.67. The van der Waals surface area contributed by atoms with E-state index in [1.54, 1.807) is 12.4 Å². The number of hydrogen-bond donors (Lipinski definition) is 0. The second-order valence-corrected chi connectivity index (χ2v) is 9.19. The van der Waals surface area contributed by atoms with Crippen molar-refractivity contribution in [1.82, 2.24) is 24.8 Å². The molecule has 5 heterocycles. The van der Waals surface area contributed by atoms with E-state index < -0.39 is 0 Å². The predicted octanol–water partition coefficient (Wildman–Crippen LogP) is 4.71. The number of fused-ring (bicyclic) bond motifs is 3. The molecule has 2 unspecified atom stereocenters. The first-order valence-corrected chi connectivity index (χ1v) is 11.6. The second kappa shape index (κ2) is 8.35. The quantitative estimate of drug-likeness (QED) is 0.464. The van der Waals surface area contributed by atoms with E-state index in [-0.39, 0.29) is 18.0 Å². The summed E-state index contributed by atoms with van der Waals surface area (Å²) in [6, 6.07) is 14.7. The van der Waals surface area contributed by atoms with Crippen molar-refractivity contribution in [2.75, 3.05) is 0 Å². The number of piperidine rings is 1. The first-order chi connectivity index (χ1) is 16.3. The maximum atomic E-state index is 13.5. The van der Waals surface area contributed by atoms with Gasteiger partial charge in [-0.2, -0.15) is 0 Å². The van der Waals surface area contributed by atoms with Crippen molar-refractivity contribution in [3.8, 4) is 11.3 Å². The van der Waals surface area contributed by atoms with Crippen LogP contribution in [0.25, 0.3) is 22.0 Å². The van der Waals surface area contributed by atoms with E-state index >= 15 is 0 Å². The van der Waals surface area contributed by atoms with Gasteiger partial charge in [0.05, 0.1) is 5.69 Å². The molecule has 0 N–H and O–H groups in total. The lowest BCUT2D eigenvalue weighted by atomic mass is 9.85. The van der Waals surface area contributed by atoms with E-state index in [2.05, 4.69) is 49.1 Å². The van der Waals surface area contributed by atoms with Crippen molar-refractivity contribution in [3.63, 3.8) is 0 Å². The van der Waals surface area contributed by atoms with Gasteiger partial charge in [0.1, 0.15) is 12.0 Å². The minimum absolute atomic E-state index is 0.0477. The summed E-state index contributed by atoms with van der Waals surface area (Å²) in [7, 11) is 0. The number of amides is 1. The number of carbonyl (C=O) groups is 1. The fraction of sp³-hybridized carbons (Fsp3) is 0.296.